The van der Waals surface area contributed by atoms with Crippen LogP contribution in [0, 0.1) is 0 Å². The van der Waals surface area contributed by atoms with Crippen LogP contribution in [-0.4, -0.2) is 16.1 Å². The standard InChI is InChI=1S/C6H5Cl3N2O2/c7-2-1-6(9,10)4(8)3(11-2)5(12)13/h1,11H,10H2,(H,12,13). The first-order chi connectivity index (χ1) is 5.84. The van der Waals surface area contributed by atoms with Crippen LogP contribution in [0.25, 0.3) is 0 Å². The maximum Gasteiger partial charge on any atom is 0.353 e. The minimum absolute atomic E-state index is 0.0271. The normalized spacial score (nSPS) is 28.2. The van der Waals surface area contributed by atoms with Crippen molar-refractivity contribution in [3.8, 4) is 0 Å². The molecule has 1 aliphatic rings. The first-order valence-corrected chi connectivity index (χ1v) is 4.24. The molecule has 13 heavy (non-hydrogen) atoms. The molecule has 7 heteroatoms. The third-order valence-electron chi connectivity index (χ3n) is 1.35. The van der Waals surface area contributed by atoms with Gasteiger partial charge in [0.1, 0.15) is 10.9 Å². The molecule has 0 saturated carbocycles. The van der Waals surface area contributed by atoms with E-state index in [4.69, 9.17) is 45.6 Å². The highest BCUT2D eigenvalue weighted by atomic mass is 35.5. The maximum atomic E-state index is 10.6. The third-order valence-corrected chi connectivity index (χ3v) is 2.45. The molecule has 0 radical (unpaired) electrons. The number of carboxylic acids is 1. The van der Waals surface area contributed by atoms with Crippen molar-refractivity contribution < 1.29 is 9.90 Å². The van der Waals surface area contributed by atoms with Crippen molar-refractivity contribution in [2.45, 2.75) is 5.00 Å². The molecule has 4 N–H and O–H groups in total. The van der Waals surface area contributed by atoms with Crippen LogP contribution in [0.1, 0.15) is 0 Å². The van der Waals surface area contributed by atoms with Crippen LogP contribution in [-0.2, 0) is 4.79 Å². The topological polar surface area (TPSA) is 75.3 Å². The third kappa shape index (κ3) is 2.08. The van der Waals surface area contributed by atoms with Gasteiger partial charge in [-0.05, 0) is 6.08 Å². The first-order valence-electron chi connectivity index (χ1n) is 3.11. The zero-order valence-electron chi connectivity index (χ0n) is 6.14. The van der Waals surface area contributed by atoms with Crippen molar-refractivity contribution in [1.82, 2.24) is 5.32 Å². The van der Waals surface area contributed by atoms with Crippen LogP contribution >= 0.6 is 34.8 Å². The molecular weight excluding hydrogens is 238 g/mol. The molecule has 0 spiro atoms. The van der Waals surface area contributed by atoms with Crippen molar-refractivity contribution in [2.24, 2.45) is 5.73 Å². The van der Waals surface area contributed by atoms with Crippen LogP contribution in [0.2, 0.25) is 0 Å². The molecule has 1 heterocycles. The van der Waals surface area contributed by atoms with E-state index < -0.39 is 11.0 Å². The fraction of sp³-hybridized carbons (Fsp3) is 0.167. The van der Waals surface area contributed by atoms with Crippen molar-refractivity contribution in [3.05, 3.63) is 22.0 Å². The number of aliphatic carboxylic acids is 1. The van der Waals surface area contributed by atoms with Gasteiger partial charge in [-0.3, -0.25) is 0 Å². The molecule has 0 saturated heterocycles. The Morgan fingerprint density at radius 2 is 2.15 bits per heavy atom. The predicted molar refractivity (Wildman–Crippen MR) is 50.4 cm³/mol. The van der Waals surface area contributed by atoms with E-state index in [0.717, 1.165) is 0 Å². The largest absolute Gasteiger partial charge is 0.477 e. The SMILES string of the molecule is NC1(Cl)C=C(Cl)NC(C(=O)O)=C1Cl. The van der Waals surface area contributed by atoms with Gasteiger partial charge in [0.2, 0.25) is 0 Å². The van der Waals surface area contributed by atoms with Gasteiger partial charge in [0, 0.05) is 0 Å². The number of rotatable bonds is 1. The van der Waals surface area contributed by atoms with Crippen molar-refractivity contribution in [2.75, 3.05) is 0 Å². The second kappa shape index (κ2) is 3.38. The zero-order chi connectivity index (χ0) is 10.2. The lowest BCUT2D eigenvalue weighted by atomic mass is 10.2. The van der Waals surface area contributed by atoms with Gasteiger partial charge < -0.3 is 16.2 Å². The second-order valence-corrected chi connectivity index (χ2v) is 3.79. The minimum Gasteiger partial charge on any atom is -0.477 e. The summed E-state index contributed by atoms with van der Waals surface area (Å²) in [5.74, 6) is -1.27. The maximum absolute atomic E-state index is 10.6. The summed E-state index contributed by atoms with van der Waals surface area (Å²) in [5.41, 5.74) is 5.14. The van der Waals surface area contributed by atoms with Crippen LogP contribution < -0.4 is 11.1 Å². The second-order valence-electron chi connectivity index (χ2n) is 2.38. The Kier molecular flexibility index (Phi) is 2.77. The molecule has 1 atom stereocenters. The average Bonchev–Trinajstić information content (AvgIpc) is 1.95. The number of alkyl halides is 1. The van der Waals surface area contributed by atoms with Crippen molar-refractivity contribution >= 4 is 40.8 Å². The van der Waals surface area contributed by atoms with Crippen LogP contribution in [0.3, 0.4) is 0 Å². The minimum atomic E-state index is -1.56. The molecule has 1 rings (SSSR count). The van der Waals surface area contributed by atoms with Gasteiger partial charge in [-0.25, -0.2) is 4.79 Å². The van der Waals surface area contributed by atoms with Gasteiger partial charge in [-0.2, -0.15) is 0 Å². The van der Waals surface area contributed by atoms with E-state index in [1.54, 1.807) is 0 Å². The Bertz CT molecular complexity index is 322. The van der Waals surface area contributed by atoms with Gasteiger partial charge in [-0.15, -0.1) is 0 Å². The van der Waals surface area contributed by atoms with Gasteiger partial charge in [0.05, 0.1) is 5.03 Å². The Labute approximate surface area is 88.9 Å². The number of hydrogen-bond donors (Lipinski definition) is 3. The lowest BCUT2D eigenvalue weighted by Gasteiger charge is -2.24. The average molecular weight is 243 g/mol. The Morgan fingerprint density at radius 1 is 1.62 bits per heavy atom. The van der Waals surface area contributed by atoms with E-state index in [1.165, 1.54) is 6.08 Å². The molecule has 0 aliphatic carbocycles. The Balaban J connectivity index is 3.16. The fourth-order valence-corrected chi connectivity index (χ4v) is 1.51. The van der Waals surface area contributed by atoms with Gasteiger partial charge >= 0.3 is 5.97 Å². The summed E-state index contributed by atoms with van der Waals surface area (Å²) >= 11 is 16.8. The number of halogens is 3. The van der Waals surface area contributed by atoms with Crippen LogP contribution in [0.15, 0.2) is 22.0 Å². The molecule has 0 amide bonds. The quantitative estimate of drug-likeness (QED) is 0.476. The number of carboxylic acid groups (broad SMARTS) is 1. The summed E-state index contributed by atoms with van der Waals surface area (Å²) in [6.07, 6.45) is 1.21. The number of carbonyl (C=O) groups is 1. The Morgan fingerprint density at radius 3 is 2.62 bits per heavy atom. The van der Waals surface area contributed by atoms with E-state index in [2.05, 4.69) is 5.32 Å². The summed E-state index contributed by atoms with van der Waals surface area (Å²) in [6.45, 7) is 0. The summed E-state index contributed by atoms with van der Waals surface area (Å²) in [6, 6.07) is 0. The predicted octanol–water partition coefficient (Wildman–Crippen LogP) is 1.10. The highest BCUT2D eigenvalue weighted by Crippen LogP contribution is 2.32. The van der Waals surface area contributed by atoms with Gasteiger partial charge in [-0.1, -0.05) is 34.8 Å². The summed E-state index contributed by atoms with van der Waals surface area (Å²) in [7, 11) is 0. The van der Waals surface area contributed by atoms with Crippen molar-refractivity contribution in [3.63, 3.8) is 0 Å². The lowest BCUT2D eigenvalue weighted by Crippen LogP contribution is -2.39. The zero-order valence-corrected chi connectivity index (χ0v) is 8.41. The van der Waals surface area contributed by atoms with E-state index in [1.807, 2.05) is 0 Å². The van der Waals surface area contributed by atoms with E-state index in [0.29, 0.717) is 0 Å². The number of hydrogen-bond acceptors (Lipinski definition) is 3. The molecule has 0 bridgehead atoms. The highest BCUT2D eigenvalue weighted by molar-refractivity contribution is 6.42. The number of nitrogens with two attached hydrogens (primary N) is 1. The van der Waals surface area contributed by atoms with Gasteiger partial charge in [0.15, 0.2) is 5.00 Å². The van der Waals surface area contributed by atoms with Crippen LogP contribution in [0.4, 0.5) is 0 Å². The summed E-state index contributed by atoms with van der Waals surface area (Å²) in [4.78, 5) is 9.04. The summed E-state index contributed by atoms with van der Waals surface area (Å²) < 4.78 is 0. The first kappa shape index (κ1) is 10.7. The molecule has 0 fully saturated rings. The highest BCUT2D eigenvalue weighted by Gasteiger charge is 2.33. The van der Waals surface area contributed by atoms with E-state index in [9.17, 15) is 4.79 Å². The fourth-order valence-electron chi connectivity index (χ4n) is 0.797. The molecule has 1 unspecified atom stereocenters. The van der Waals surface area contributed by atoms with E-state index in [-0.39, 0.29) is 15.9 Å². The molecule has 0 aromatic carbocycles. The van der Waals surface area contributed by atoms with Crippen molar-refractivity contribution in [1.29, 1.82) is 0 Å². The molecule has 0 aromatic heterocycles. The monoisotopic (exact) mass is 242 g/mol. The lowest BCUT2D eigenvalue weighted by molar-refractivity contribution is -0.133. The molecule has 4 nitrogen and oxygen atoms in total. The number of dihydropyridines is 1. The van der Waals surface area contributed by atoms with E-state index >= 15 is 0 Å². The molecular formula is C6H5Cl3N2O2. The van der Waals surface area contributed by atoms with Crippen LogP contribution in [0.5, 0.6) is 0 Å². The van der Waals surface area contributed by atoms with Gasteiger partial charge in [0.25, 0.3) is 0 Å². The number of nitrogens with one attached hydrogen (secondary N) is 1. The Hall–Kier alpha value is -0.420. The molecule has 72 valence electrons. The summed E-state index contributed by atoms with van der Waals surface area (Å²) in [5, 5.41) is 10.8. The molecule has 1 aliphatic heterocycles. The molecule has 0 aromatic rings. The smallest absolute Gasteiger partial charge is 0.353 e.